The van der Waals surface area contributed by atoms with Gasteiger partial charge in [-0.3, -0.25) is 9.59 Å². The van der Waals surface area contributed by atoms with Crippen molar-refractivity contribution < 1.29 is 9.59 Å². The van der Waals surface area contributed by atoms with Crippen molar-refractivity contribution in [1.29, 1.82) is 0 Å². The molecule has 0 atom stereocenters. The molecule has 0 saturated carbocycles. The molecule has 0 fully saturated rings. The van der Waals surface area contributed by atoms with Crippen LogP contribution < -0.4 is 10.6 Å². The Morgan fingerprint density at radius 1 is 0.630 bits per heavy atom. The van der Waals surface area contributed by atoms with Gasteiger partial charge in [-0.25, -0.2) is 0 Å². The van der Waals surface area contributed by atoms with E-state index in [-0.39, 0.29) is 11.8 Å². The van der Waals surface area contributed by atoms with Crippen LogP contribution in [0.5, 0.6) is 0 Å². The van der Waals surface area contributed by atoms with Crippen molar-refractivity contribution in [3.63, 3.8) is 0 Å². The lowest BCUT2D eigenvalue weighted by Crippen LogP contribution is -2.23. The highest BCUT2D eigenvalue weighted by atomic mass is 35.5. The predicted molar refractivity (Wildman–Crippen MR) is 107 cm³/mol. The Balaban J connectivity index is 1.51. The van der Waals surface area contributed by atoms with E-state index in [4.69, 9.17) is 11.6 Å². The monoisotopic (exact) mass is 378 g/mol. The summed E-state index contributed by atoms with van der Waals surface area (Å²) in [5, 5.41) is 6.41. The second-order valence-electron chi connectivity index (χ2n) is 6.05. The van der Waals surface area contributed by atoms with Crippen LogP contribution in [0.1, 0.15) is 31.8 Å². The first-order valence-corrected chi connectivity index (χ1v) is 8.94. The number of hydrogen-bond acceptors (Lipinski definition) is 2. The molecule has 0 aliphatic carbocycles. The van der Waals surface area contributed by atoms with Crippen LogP contribution >= 0.6 is 11.6 Å². The van der Waals surface area contributed by atoms with Crippen LogP contribution in [0.2, 0.25) is 5.02 Å². The number of benzene rings is 3. The lowest BCUT2D eigenvalue weighted by atomic mass is 10.1. The third-order valence-electron chi connectivity index (χ3n) is 4.07. The fourth-order valence-electron chi connectivity index (χ4n) is 2.53. The summed E-state index contributed by atoms with van der Waals surface area (Å²) in [4.78, 5) is 24.3. The number of nitrogens with one attached hydrogen (secondary N) is 2. The first-order chi connectivity index (χ1) is 13.1. The van der Waals surface area contributed by atoms with Crippen LogP contribution in [0.3, 0.4) is 0 Å². The van der Waals surface area contributed by atoms with E-state index in [2.05, 4.69) is 10.6 Å². The molecular weight excluding hydrogens is 360 g/mol. The predicted octanol–water partition coefficient (Wildman–Crippen LogP) is 4.20. The molecule has 3 aromatic rings. The normalized spacial score (nSPS) is 10.3. The SMILES string of the molecule is O=C(NCc1ccc(C(=O)NCc2ccc(Cl)cc2)cc1)c1ccccc1. The third kappa shape index (κ3) is 5.43. The summed E-state index contributed by atoms with van der Waals surface area (Å²) in [6, 6.07) is 23.6. The Labute approximate surface area is 163 Å². The van der Waals surface area contributed by atoms with Gasteiger partial charge < -0.3 is 10.6 Å². The van der Waals surface area contributed by atoms with Gasteiger partial charge in [-0.05, 0) is 47.5 Å². The zero-order valence-electron chi connectivity index (χ0n) is 14.6. The zero-order chi connectivity index (χ0) is 19.1. The van der Waals surface area contributed by atoms with Gasteiger partial charge in [0.25, 0.3) is 11.8 Å². The summed E-state index contributed by atoms with van der Waals surface area (Å²) in [5.41, 5.74) is 3.10. The maximum atomic E-state index is 12.2. The summed E-state index contributed by atoms with van der Waals surface area (Å²) in [6.45, 7) is 0.839. The Morgan fingerprint density at radius 3 is 1.59 bits per heavy atom. The molecule has 0 saturated heterocycles. The second kappa shape index (κ2) is 9.01. The zero-order valence-corrected chi connectivity index (χ0v) is 15.4. The molecular formula is C22H19ClN2O2. The number of amides is 2. The Kier molecular flexibility index (Phi) is 6.23. The Bertz CT molecular complexity index is 907. The minimum absolute atomic E-state index is 0.125. The molecule has 136 valence electrons. The maximum absolute atomic E-state index is 12.2. The highest BCUT2D eigenvalue weighted by molar-refractivity contribution is 6.30. The molecule has 3 aromatic carbocycles. The minimum Gasteiger partial charge on any atom is -0.348 e. The lowest BCUT2D eigenvalue weighted by molar-refractivity contribution is 0.0941. The lowest BCUT2D eigenvalue weighted by Gasteiger charge is -2.08. The van der Waals surface area contributed by atoms with E-state index in [9.17, 15) is 9.59 Å². The van der Waals surface area contributed by atoms with Crippen molar-refractivity contribution in [2.75, 3.05) is 0 Å². The fraction of sp³-hybridized carbons (Fsp3) is 0.0909. The smallest absolute Gasteiger partial charge is 0.251 e. The van der Waals surface area contributed by atoms with Gasteiger partial charge in [0.1, 0.15) is 0 Å². The highest BCUT2D eigenvalue weighted by Crippen LogP contribution is 2.10. The molecule has 4 nitrogen and oxygen atoms in total. The molecule has 5 heteroatoms. The highest BCUT2D eigenvalue weighted by Gasteiger charge is 2.07. The van der Waals surface area contributed by atoms with Crippen molar-refractivity contribution in [3.8, 4) is 0 Å². The Hall–Kier alpha value is -3.11. The van der Waals surface area contributed by atoms with Crippen LogP contribution in [-0.4, -0.2) is 11.8 Å². The summed E-state index contributed by atoms with van der Waals surface area (Å²) >= 11 is 5.85. The molecule has 0 bridgehead atoms. The first-order valence-electron chi connectivity index (χ1n) is 8.56. The molecule has 27 heavy (non-hydrogen) atoms. The van der Waals surface area contributed by atoms with Crippen molar-refractivity contribution in [2.45, 2.75) is 13.1 Å². The average Bonchev–Trinajstić information content (AvgIpc) is 2.72. The quantitative estimate of drug-likeness (QED) is 0.675. The van der Waals surface area contributed by atoms with E-state index in [1.54, 1.807) is 36.4 Å². The van der Waals surface area contributed by atoms with E-state index in [1.807, 2.05) is 42.5 Å². The van der Waals surface area contributed by atoms with Gasteiger partial charge in [0, 0.05) is 29.2 Å². The van der Waals surface area contributed by atoms with Gasteiger partial charge in [-0.1, -0.05) is 54.1 Å². The van der Waals surface area contributed by atoms with Crippen molar-refractivity contribution >= 4 is 23.4 Å². The summed E-state index contributed by atoms with van der Waals surface area (Å²) in [5.74, 6) is -0.273. The Morgan fingerprint density at radius 2 is 1.07 bits per heavy atom. The number of rotatable bonds is 6. The van der Waals surface area contributed by atoms with E-state index in [1.165, 1.54) is 0 Å². The standard InChI is InChI=1S/C22H19ClN2O2/c23-20-12-8-17(9-13-20)15-25-22(27)19-10-6-16(7-11-19)14-24-21(26)18-4-2-1-3-5-18/h1-13H,14-15H2,(H,24,26)(H,25,27). The number of carbonyl (C=O) groups is 2. The number of halogens is 1. The maximum Gasteiger partial charge on any atom is 0.251 e. The molecule has 0 heterocycles. The average molecular weight is 379 g/mol. The summed E-state index contributed by atoms with van der Waals surface area (Å²) in [7, 11) is 0. The third-order valence-corrected chi connectivity index (χ3v) is 4.32. The van der Waals surface area contributed by atoms with Crippen LogP contribution in [0.4, 0.5) is 0 Å². The van der Waals surface area contributed by atoms with E-state index < -0.39 is 0 Å². The molecule has 2 amide bonds. The molecule has 0 unspecified atom stereocenters. The minimum atomic E-state index is -0.148. The van der Waals surface area contributed by atoms with Crippen LogP contribution in [0.15, 0.2) is 78.9 Å². The molecule has 0 aromatic heterocycles. The second-order valence-corrected chi connectivity index (χ2v) is 6.49. The van der Waals surface area contributed by atoms with Gasteiger partial charge in [-0.2, -0.15) is 0 Å². The molecule has 0 radical (unpaired) electrons. The van der Waals surface area contributed by atoms with Gasteiger partial charge in [0.05, 0.1) is 0 Å². The van der Waals surface area contributed by atoms with Gasteiger partial charge in [-0.15, -0.1) is 0 Å². The van der Waals surface area contributed by atoms with Crippen LogP contribution in [0.25, 0.3) is 0 Å². The van der Waals surface area contributed by atoms with Crippen molar-refractivity contribution in [1.82, 2.24) is 10.6 Å². The topological polar surface area (TPSA) is 58.2 Å². The van der Waals surface area contributed by atoms with Gasteiger partial charge in [0.15, 0.2) is 0 Å². The fourth-order valence-corrected chi connectivity index (χ4v) is 2.66. The van der Waals surface area contributed by atoms with Crippen LogP contribution in [0, 0.1) is 0 Å². The van der Waals surface area contributed by atoms with Gasteiger partial charge >= 0.3 is 0 Å². The van der Waals surface area contributed by atoms with E-state index >= 15 is 0 Å². The first kappa shape index (κ1) is 18.7. The van der Waals surface area contributed by atoms with Crippen LogP contribution in [-0.2, 0) is 13.1 Å². The molecule has 0 spiro atoms. The molecule has 3 rings (SSSR count). The largest absolute Gasteiger partial charge is 0.348 e. The number of carbonyl (C=O) groups excluding carboxylic acids is 2. The van der Waals surface area contributed by atoms with Gasteiger partial charge in [0.2, 0.25) is 0 Å². The number of hydrogen-bond donors (Lipinski definition) is 2. The van der Waals surface area contributed by atoms with Crippen molar-refractivity contribution in [3.05, 3.63) is 106 Å². The summed E-state index contributed by atoms with van der Waals surface area (Å²) < 4.78 is 0. The van der Waals surface area contributed by atoms with E-state index in [0.29, 0.717) is 29.2 Å². The molecule has 0 aliphatic rings. The molecule has 0 aliphatic heterocycles. The van der Waals surface area contributed by atoms with Crippen molar-refractivity contribution in [2.24, 2.45) is 0 Å². The van der Waals surface area contributed by atoms with E-state index in [0.717, 1.165) is 11.1 Å². The molecule has 2 N–H and O–H groups in total. The summed E-state index contributed by atoms with van der Waals surface area (Å²) in [6.07, 6.45) is 0.